The lowest BCUT2D eigenvalue weighted by Crippen LogP contribution is -2.37. The van der Waals surface area contributed by atoms with Crippen molar-refractivity contribution in [3.8, 4) is 0 Å². The number of nitrogens with zero attached hydrogens (tertiary/aromatic N) is 3. The second kappa shape index (κ2) is 7.81. The third-order valence-corrected chi connectivity index (χ3v) is 5.20. The Balaban J connectivity index is 1.50. The predicted molar refractivity (Wildman–Crippen MR) is 107 cm³/mol. The van der Waals surface area contributed by atoms with Crippen molar-refractivity contribution in [3.63, 3.8) is 0 Å². The summed E-state index contributed by atoms with van der Waals surface area (Å²) in [5.74, 6) is 0.0742. The molecule has 156 valence electrons. The highest BCUT2D eigenvalue weighted by Gasteiger charge is 2.31. The van der Waals surface area contributed by atoms with Gasteiger partial charge < -0.3 is 14.8 Å². The number of carbonyl (C=O) groups excluding carboxylic acids is 1. The van der Waals surface area contributed by atoms with E-state index in [0.29, 0.717) is 49.3 Å². The van der Waals surface area contributed by atoms with Crippen molar-refractivity contribution < 1.29 is 18.0 Å². The SMILES string of the molecule is O=C(c1c[nH]c2ccccc2c1=O)N1CCCN(c2ccc(C(F)(F)F)cn2)CC1. The molecule has 1 saturated heterocycles. The van der Waals surface area contributed by atoms with Crippen molar-refractivity contribution in [2.24, 2.45) is 0 Å². The number of halogens is 3. The van der Waals surface area contributed by atoms with Crippen LogP contribution in [0.3, 0.4) is 0 Å². The second-order valence-electron chi connectivity index (χ2n) is 7.11. The van der Waals surface area contributed by atoms with E-state index < -0.39 is 11.7 Å². The summed E-state index contributed by atoms with van der Waals surface area (Å²) >= 11 is 0. The van der Waals surface area contributed by atoms with E-state index in [1.165, 1.54) is 12.3 Å². The summed E-state index contributed by atoms with van der Waals surface area (Å²) in [6.07, 6.45) is -1.56. The van der Waals surface area contributed by atoms with Crippen molar-refractivity contribution >= 4 is 22.6 Å². The number of pyridine rings is 2. The van der Waals surface area contributed by atoms with E-state index in [0.717, 1.165) is 12.3 Å². The average molecular weight is 416 g/mol. The Kier molecular flexibility index (Phi) is 5.19. The number of aromatic nitrogens is 2. The van der Waals surface area contributed by atoms with Gasteiger partial charge in [0.25, 0.3) is 5.91 Å². The highest BCUT2D eigenvalue weighted by Crippen LogP contribution is 2.29. The number of carbonyl (C=O) groups is 1. The molecule has 1 N–H and O–H groups in total. The number of hydrogen-bond acceptors (Lipinski definition) is 4. The van der Waals surface area contributed by atoms with Gasteiger partial charge in [0, 0.05) is 49.5 Å². The van der Waals surface area contributed by atoms with Crippen molar-refractivity contribution in [2.45, 2.75) is 12.6 Å². The number of H-pyrrole nitrogens is 1. The Labute approximate surface area is 169 Å². The van der Waals surface area contributed by atoms with Crippen molar-refractivity contribution in [2.75, 3.05) is 31.1 Å². The van der Waals surface area contributed by atoms with Crippen LogP contribution in [0.2, 0.25) is 0 Å². The molecule has 3 heterocycles. The summed E-state index contributed by atoms with van der Waals surface area (Å²) in [7, 11) is 0. The van der Waals surface area contributed by atoms with Crippen LogP contribution < -0.4 is 10.3 Å². The lowest BCUT2D eigenvalue weighted by Gasteiger charge is -2.23. The minimum atomic E-state index is -4.43. The molecule has 6 nitrogen and oxygen atoms in total. The molecule has 0 unspecified atom stereocenters. The van der Waals surface area contributed by atoms with E-state index in [1.54, 1.807) is 29.2 Å². The van der Waals surface area contributed by atoms with Crippen molar-refractivity contribution in [1.29, 1.82) is 0 Å². The van der Waals surface area contributed by atoms with Gasteiger partial charge in [0.15, 0.2) is 0 Å². The maximum atomic E-state index is 13.0. The van der Waals surface area contributed by atoms with Crippen LogP contribution in [0.1, 0.15) is 22.3 Å². The van der Waals surface area contributed by atoms with Gasteiger partial charge in [-0.3, -0.25) is 9.59 Å². The summed E-state index contributed by atoms with van der Waals surface area (Å²) in [4.78, 5) is 36.0. The minimum absolute atomic E-state index is 0.0785. The summed E-state index contributed by atoms with van der Waals surface area (Å²) in [5, 5.41) is 0.453. The fourth-order valence-electron chi connectivity index (χ4n) is 3.59. The Hall–Kier alpha value is -3.36. The van der Waals surface area contributed by atoms with E-state index in [9.17, 15) is 22.8 Å². The molecule has 1 aromatic carbocycles. The van der Waals surface area contributed by atoms with E-state index in [1.807, 2.05) is 4.90 Å². The summed E-state index contributed by atoms with van der Waals surface area (Å²) in [6.45, 7) is 1.75. The molecular formula is C21H19F3N4O2. The zero-order valence-electron chi connectivity index (χ0n) is 15.9. The standard InChI is InChI=1S/C21H19F3N4O2/c22-21(23,24)14-6-7-18(26-12-14)27-8-3-9-28(11-10-27)20(30)16-13-25-17-5-2-1-4-15(17)19(16)29/h1-2,4-7,12-13H,3,8-11H2,(H,25,29). The van der Waals surface area contributed by atoms with Gasteiger partial charge in [0.2, 0.25) is 5.43 Å². The van der Waals surface area contributed by atoms with E-state index in [4.69, 9.17) is 0 Å². The van der Waals surface area contributed by atoms with Gasteiger partial charge in [0.05, 0.1) is 5.56 Å². The molecule has 1 amide bonds. The molecule has 4 rings (SSSR count). The van der Waals surface area contributed by atoms with Gasteiger partial charge >= 0.3 is 6.18 Å². The molecule has 0 aliphatic carbocycles. The number of amides is 1. The lowest BCUT2D eigenvalue weighted by molar-refractivity contribution is -0.137. The molecule has 1 fully saturated rings. The van der Waals surface area contributed by atoms with Gasteiger partial charge in [-0.1, -0.05) is 12.1 Å². The van der Waals surface area contributed by atoms with Crippen LogP contribution in [-0.2, 0) is 6.18 Å². The first kappa shape index (κ1) is 19.9. The van der Waals surface area contributed by atoms with Gasteiger partial charge in [-0.2, -0.15) is 13.2 Å². The minimum Gasteiger partial charge on any atom is -0.360 e. The van der Waals surface area contributed by atoms with Gasteiger partial charge in [-0.15, -0.1) is 0 Å². The van der Waals surface area contributed by atoms with E-state index in [-0.39, 0.29) is 16.9 Å². The topological polar surface area (TPSA) is 69.3 Å². The highest BCUT2D eigenvalue weighted by molar-refractivity contribution is 5.97. The number of hydrogen-bond donors (Lipinski definition) is 1. The maximum Gasteiger partial charge on any atom is 0.417 e. The molecule has 0 saturated carbocycles. The third-order valence-electron chi connectivity index (χ3n) is 5.20. The molecule has 2 aromatic heterocycles. The number of rotatable bonds is 2. The van der Waals surface area contributed by atoms with Gasteiger partial charge in [-0.25, -0.2) is 4.98 Å². The average Bonchev–Trinajstić information content (AvgIpc) is 3.00. The number of fused-ring (bicyclic) bond motifs is 1. The van der Waals surface area contributed by atoms with Gasteiger partial charge in [-0.05, 0) is 30.7 Å². The Morgan fingerprint density at radius 1 is 1.03 bits per heavy atom. The Morgan fingerprint density at radius 3 is 2.57 bits per heavy atom. The van der Waals surface area contributed by atoms with Crippen LogP contribution in [-0.4, -0.2) is 47.0 Å². The molecular weight excluding hydrogens is 397 g/mol. The Bertz CT molecular complexity index is 1130. The van der Waals surface area contributed by atoms with Crippen LogP contribution in [0.25, 0.3) is 10.9 Å². The number of para-hydroxylation sites is 1. The van der Waals surface area contributed by atoms with E-state index >= 15 is 0 Å². The Morgan fingerprint density at radius 2 is 1.83 bits per heavy atom. The zero-order valence-corrected chi connectivity index (χ0v) is 15.9. The van der Waals surface area contributed by atoms with Crippen molar-refractivity contribution in [3.05, 3.63) is 70.1 Å². The largest absolute Gasteiger partial charge is 0.417 e. The summed E-state index contributed by atoms with van der Waals surface area (Å²) in [5.41, 5.74) is -0.377. The highest BCUT2D eigenvalue weighted by atomic mass is 19.4. The summed E-state index contributed by atoms with van der Waals surface area (Å²) < 4.78 is 38.2. The molecule has 3 aromatic rings. The van der Waals surface area contributed by atoms with Crippen LogP contribution in [0.4, 0.5) is 19.0 Å². The number of alkyl halides is 3. The van der Waals surface area contributed by atoms with Crippen LogP contribution in [0.15, 0.2) is 53.6 Å². The monoisotopic (exact) mass is 416 g/mol. The molecule has 30 heavy (non-hydrogen) atoms. The number of nitrogens with one attached hydrogen (secondary N) is 1. The molecule has 0 spiro atoms. The van der Waals surface area contributed by atoms with Crippen LogP contribution in [0.5, 0.6) is 0 Å². The van der Waals surface area contributed by atoms with Crippen LogP contribution in [0, 0.1) is 0 Å². The number of aromatic amines is 1. The maximum absolute atomic E-state index is 13.0. The second-order valence-corrected chi connectivity index (χ2v) is 7.11. The van der Waals surface area contributed by atoms with Crippen molar-refractivity contribution in [1.82, 2.24) is 14.9 Å². The molecule has 0 atom stereocenters. The predicted octanol–water partition coefficient (Wildman–Crippen LogP) is 3.29. The quantitative estimate of drug-likeness (QED) is 0.696. The molecule has 9 heteroatoms. The smallest absolute Gasteiger partial charge is 0.360 e. The first-order valence-electron chi connectivity index (χ1n) is 9.52. The molecule has 0 radical (unpaired) electrons. The number of anilines is 1. The molecule has 1 aliphatic rings. The zero-order chi connectivity index (χ0) is 21.3. The first-order chi connectivity index (χ1) is 14.3. The van der Waals surface area contributed by atoms with Crippen LogP contribution >= 0.6 is 0 Å². The number of benzene rings is 1. The fraction of sp³-hybridized carbons (Fsp3) is 0.286. The normalized spacial score (nSPS) is 15.3. The molecule has 1 aliphatic heterocycles. The first-order valence-corrected chi connectivity index (χ1v) is 9.52. The third kappa shape index (κ3) is 3.87. The fourth-order valence-corrected chi connectivity index (χ4v) is 3.59. The van der Waals surface area contributed by atoms with Gasteiger partial charge in [0.1, 0.15) is 11.4 Å². The van der Waals surface area contributed by atoms with E-state index in [2.05, 4.69) is 9.97 Å². The molecule has 0 bridgehead atoms. The summed E-state index contributed by atoms with van der Waals surface area (Å²) in [6, 6.07) is 9.33. The lowest BCUT2D eigenvalue weighted by atomic mass is 10.1.